The fourth-order valence-electron chi connectivity index (χ4n) is 1.21. The molecule has 0 radical (unpaired) electrons. The van der Waals surface area contributed by atoms with Crippen LogP contribution in [-0.2, 0) is 6.54 Å². The van der Waals surface area contributed by atoms with Gasteiger partial charge in [-0.05, 0) is 5.56 Å². The average Bonchev–Trinajstić information content (AvgIpc) is 2.59. The lowest BCUT2D eigenvalue weighted by molar-refractivity contribution is -0.687. The minimum atomic E-state index is 0. The third-order valence-corrected chi connectivity index (χ3v) is 1.81. The number of aromatic amines is 1. The van der Waals surface area contributed by atoms with Gasteiger partial charge in [-0.3, -0.25) is 4.98 Å². The maximum Gasteiger partial charge on any atom is 0.241 e. The van der Waals surface area contributed by atoms with Gasteiger partial charge in [-0.15, -0.1) is 0 Å². The van der Waals surface area contributed by atoms with E-state index in [9.17, 15) is 0 Å². The van der Waals surface area contributed by atoms with Crippen molar-refractivity contribution in [3.05, 3.63) is 54.6 Å². The molecular formula is C10H12N2O. The van der Waals surface area contributed by atoms with Gasteiger partial charge < -0.3 is 5.48 Å². The standard InChI is InChI=1S/C10H10N2.H2O/c1-2-4-10(5-3-1)8-12-7-6-11-9-12;/h1-7,9H,8H2;1H2. The highest BCUT2D eigenvalue weighted by atomic mass is 16.0. The molecule has 1 aromatic heterocycles. The minimum Gasteiger partial charge on any atom is -0.870 e. The molecule has 0 atom stereocenters. The summed E-state index contributed by atoms with van der Waals surface area (Å²) in [5.74, 6) is 0. The predicted molar refractivity (Wildman–Crippen MR) is 48.5 cm³/mol. The quantitative estimate of drug-likeness (QED) is 0.686. The lowest BCUT2D eigenvalue weighted by atomic mass is 10.2. The Balaban J connectivity index is 0.000000845. The maximum atomic E-state index is 3.01. The topological polar surface area (TPSA) is 49.7 Å². The van der Waals surface area contributed by atoms with Crippen molar-refractivity contribution in [3.8, 4) is 0 Å². The summed E-state index contributed by atoms with van der Waals surface area (Å²) >= 11 is 0. The van der Waals surface area contributed by atoms with Gasteiger partial charge in [0.25, 0.3) is 0 Å². The smallest absolute Gasteiger partial charge is 0.241 e. The van der Waals surface area contributed by atoms with Crippen molar-refractivity contribution in [2.75, 3.05) is 0 Å². The summed E-state index contributed by atoms with van der Waals surface area (Å²) in [7, 11) is 0. The molecule has 3 nitrogen and oxygen atoms in total. The normalized spacial score (nSPS) is 9.23. The number of hydrogen-bond donors (Lipinski definition) is 1. The second-order valence-electron chi connectivity index (χ2n) is 2.77. The van der Waals surface area contributed by atoms with Crippen LogP contribution in [-0.4, -0.2) is 10.5 Å². The summed E-state index contributed by atoms with van der Waals surface area (Å²) in [5, 5.41) is 0. The summed E-state index contributed by atoms with van der Waals surface area (Å²) in [6.07, 6.45) is 5.89. The Hall–Kier alpha value is -1.61. The van der Waals surface area contributed by atoms with Gasteiger partial charge in [-0.25, -0.2) is 4.57 Å². The van der Waals surface area contributed by atoms with E-state index in [1.165, 1.54) is 5.56 Å². The van der Waals surface area contributed by atoms with Crippen LogP contribution in [0.2, 0.25) is 0 Å². The first-order chi connectivity index (χ1) is 5.95. The Labute approximate surface area is 77.0 Å². The molecular weight excluding hydrogens is 164 g/mol. The number of H-pyrrole nitrogens is 1. The number of aromatic nitrogens is 2. The molecule has 68 valence electrons. The number of rotatable bonds is 2. The van der Waals surface area contributed by atoms with Crippen molar-refractivity contribution in [1.29, 1.82) is 0 Å². The van der Waals surface area contributed by atoms with Crippen LogP contribution in [0.15, 0.2) is 49.1 Å². The summed E-state index contributed by atoms with van der Waals surface area (Å²) in [6, 6.07) is 10.4. The molecule has 0 unspecified atom stereocenters. The zero-order valence-corrected chi connectivity index (χ0v) is 7.22. The van der Waals surface area contributed by atoms with Gasteiger partial charge in [0.15, 0.2) is 0 Å². The molecule has 3 heteroatoms. The fourth-order valence-corrected chi connectivity index (χ4v) is 1.21. The van der Waals surface area contributed by atoms with Crippen molar-refractivity contribution >= 4 is 0 Å². The van der Waals surface area contributed by atoms with Crippen LogP contribution in [0.5, 0.6) is 0 Å². The second kappa shape index (κ2) is 4.42. The Bertz CT molecular complexity index is 329. The molecule has 0 spiro atoms. The second-order valence-corrected chi connectivity index (χ2v) is 2.77. The van der Waals surface area contributed by atoms with E-state index in [1.807, 2.05) is 24.8 Å². The SMILES string of the molecule is [OH-].c1ccc(C[n+]2cc[nH]c2)cc1. The van der Waals surface area contributed by atoms with Crippen molar-refractivity contribution in [3.63, 3.8) is 0 Å². The van der Waals surface area contributed by atoms with Crippen molar-refractivity contribution < 1.29 is 10.0 Å². The van der Waals surface area contributed by atoms with Crippen molar-refractivity contribution in [1.82, 2.24) is 4.98 Å². The Morgan fingerprint density at radius 2 is 1.92 bits per heavy atom. The monoisotopic (exact) mass is 176 g/mol. The van der Waals surface area contributed by atoms with Gasteiger partial charge in [0.05, 0.1) is 0 Å². The molecule has 0 aliphatic rings. The molecule has 2 aromatic rings. The highest BCUT2D eigenvalue weighted by Crippen LogP contribution is 1.96. The summed E-state index contributed by atoms with van der Waals surface area (Å²) in [6.45, 7) is 0.935. The lowest BCUT2D eigenvalue weighted by Gasteiger charge is -1.95. The van der Waals surface area contributed by atoms with E-state index in [0.29, 0.717) is 0 Å². The van der Waals surface area contributed by atoms with Gasteiger partial charge in [-0.2, -0.15) is 0 Å². The van der Waals surface area contributed by atoms with Crippen molar-refractivity contribution in [2.45, 2.75) is 6.54 Å². The van der Waals surface area contributed by atoms with Gasteiger partial charge in [0, 0.05) is 0 Å². The van der Waals surface area contributed by atoms with E-state index in [-0.39, 0.29) is 5.48 Å². The number of nitrogens with zero attached hydrogens (tertiary/aromatic N) is 1. The zero-order chi connectivity index (χ0) is 8.23. The van der Waals surface area contributed by atoms with Crippen LogP contribution in [0.3, 0.4) is 0 Å². The van der Waals surface area contributed by atoms with Crippen LogP contribution >= 0.6 is 0 Å². The first kappa shape index (κ1) is 9.48. The molecule has 0 saturated heterocycles. The van der Waals surface area contributed by atoms with Crippen LogP contribution in [0.25, 0.3) is 0 Å². The van der Waals surface area contributed by atoms with E-state index < -0.39 is 0 Å². The number of imidazole rings is 1. The third kappa shape index (κ3) is 2.42. The maximum absolute atomic E-state index is 3.01. The lowest BCUT2D eigenvalue weighted by Crippen LogP contribution is -2.30. The first-order valence-electron chi connectivity index (χ1n) is 4.01. The van der Waals surface area contributed by atoms with E-state index in [2.05, 4.69) is 33.8 Å². The summed E-state index contributed by atoms with van der Waals surface area (Å²) < 4.78 is 2.11. The molecule has 0 aliphatic heterocycles. The Kier molecular flexibility index (Phi) is 3.23. The van der Waals surface area contributed by atoms with E-state index in [0.717, 1.165) is 6.54 Å². The molecule has 0 fully saturated rings. The first-order valence-corrected chi connectivity index (χ1v) is 4.01. The molecule has 0 aliphatic carbocycles. The molecule has 0 amide bonds. The van der Waals surface area contributed by atoms with Crippen LogP contribution < -0.4 is 4.57 Å². The highest BCUT2D eigenvalue weighted by molar-refractivity contribution is 5.13. The molecule has 2 N–H and O–H groups in total. The van der Waals surface area contributed by atoms with Crippen LogP contribution in [0.4, 0.5) is 0 Å². The molecule has 2 rings (SSSR count). The minimum absolute atomic E-state index is 0. The summed E-state index contributed by atoms with van der Waals surface area (Å²) in [4.78, 5) is 3.01. The Morgan fingerprint density at radius 3 is 2.54 bits per heavy atom. The molecule has 13 heavy (non-hydrogen) atoms. The molecule has 1 aromatic carbocycles. The zero-order valence-electron chi connectivity index (χ0n) is 7.22. The van der Waals surface area contributed by atoms with E-state index in [4.69, 9.17) is 0 Å². The number of benzene rings is 1. The average molecular weight is 176 g/mol. The van der Waals surface area contributed by atoms with Gasteiger partial charge in [-0.1, -0.05) is 30.3 Å². The Morgan fingerprint density at radius 1 is 1.15 bits per heavy atom. The summed E-state index contributed by atoms with van der Waals surface area (Å²) in [5.41, 5.74) is 1.32. The largest absolute Gasteiger partial charge is 0.870 e. The highest BCUT2D eigenvalue weighted by Gasteiger charge is 1.96. The van der Waals surface area contributed by atoms with E-state index in [1.54, 1.807) is 0 Å². The third-order valence-electron chi connectivity index (χ3n) is 1.81. The van der Waals surface area contributed by atoms with E-state index >= 15 is 0 Å². The van der Waals surface area contributed by atoms with Gasteiger partial charge >= 0.3 is 0 Å². The fraction of sp³-hybridized carbons (Fsp3) is 0.100. The van der Waals surface area contributed by atoms with Gasteiger partial charge in [0.1, 0.15) is 18.9 Å². The van der Waals surface area contributed by atoms with Crippen LogP contribution in [0.1, 0.15) is 5.56 Å². The predicted octanol–water partition coefficient (Wildman–Crippen LogP) is 1.17. The number of nitrogens with one attached hydrogen (secondary N) is 1. The number of hydrogen-bond acceptors (Lipinski definition) is 1. The molecule has 0 bridgehead atoms. The van der Waals surface area contributed by atoms with Crippen molar-refractivity contribution in [2.24, 2.45) is 0 Å². The molecule has 1 heterocycles. The van der Waals surface area contributed by atoms with Gasteiger partial charge in [0.2, 0.25) is 6.33 Å². The van der Waals surface area contributed by atoms with Crippen LogP contribution in [0, 0.1) is 0 Å². The molecule has 0 saturated carbocycles.